The molecule has 2 aromatic heterocycles. The Morgan fingerprint density at radius 2 is 2.11 bits per heavy atom. The van der Waals surface area contributed by atoms with Crippen LogP contribution >= 0.6 is 0 Å². The van der Waals surface area contributed by atoms with Crippen molar-refractivity contribution in [2.75, 3.05) is 25.6 Å². The Balaban J connectivity index is 1.67. The van der Waals surface area contributed by atoms with E-state index in [9.17, 15) is 0 Å². The van der Waals surface area contributed by atoms with Crippen LogP contribution in [0.2, 0.25) is 0 Å². The molecule has 1 aliphatic heterocycles. The van der Waals surface area contributed by atoms with Gasteiger partial charge in [0.2, 0.25) is 5.95 Å². The number of para-hydroxylation sites is 1. The minimum atomic E-state index is 0.208. The molecule has 2 aromatic carbocycles. The predicted octanol–water partition coefficient (Wildman–Crippen LogP) is 3.54. The smallest absolute Gasteiger partial charge is 0.211 e. The molecule has 1 unspecified atom stereocenters. The monoisotopic (exact) mass is 375 g/mol. The number of hydrogen-bond acceptors (Lipinski definition) is 6. The van der Waals surface area contributed by atoms with Gasteiger partial charge in [0.15, 0.2) is 11.5 Å². The van der Waals surface area contributed by atoms with Gasteiger partial charge in [0.25, 0.3) is 0 Å². The van der Waals surface area contributed by atoms with E-state index in [-0.39, 0.29) is 6.10 Å². The highest BCUT2D eigenvalue weighted by molar-refractivity contribution is 5.93. The van der Waals surface area contributed by atoms with E-state index >= 15 is 0 Å². The molecule has 1 aliphatic rings. The lowest BCUT2D eigenvalue weighted by Crippen LogP contribution is -2.20. The molecule has 0 aliphatic carbocycles. The molecular formula is C21H21N5O2. The molecule has 0 radical (unpaired) electrons. The molecule has 4 aromatic rings. The van der Waals surface area contributed by atoms with Gasteiger partial charge in [-0.15, -0.1) is 10.2 Å². The number of aromatic nitrogens is 4. The first-order chi connectivity index (χ1) is 13.8. The van der Waals surface area contributed by atoms with Crippen molar-refractivity contribution in [2.45, 2.75) is 18.9 Å². The number of fused-ring (bicyclic) bond motifs is 3. The van der Waals surface area contributed by atoms with Crippen LogP contribution in [0, 0.1) is 0 Å². The first kappa shape index (κ1) is 16.9. The van der Waals surface area contributed by atoms with E-state index in [1.165, 1.54) is 0 Å². The van der Waals surface area contributed by atoms with Crippen molar-refractivity contribution in [1.29, 1.82) is 0 Å². The molecule has 28 heavy (non-hydrogen) atoms. The topological polar surface area (TPSA) is 73.6 Å². The van der Waals surface area contributed by atoms with E-state index in [4.69, 9.17) is 14.5 Å². The summed E-state index contributed by atoms with van der Waals surface area (Å²) in [6.45, 7) is 1.53. The molecule has 0 amide bonds. The Morgan fingerprint density at radius 3 is 2.96 bits per heavy atom. The third-order valence-corrected chi connectivity index (χ3v) is 5.09. The number of nitrogens with one attached hydrogen (secondary N) is 1. The van der Waals surface area contributed by atoms with Crippen molar-refractivity contribution in [3.05, 3.63) is 48.5 Å². The number of methoxy groups -OCH3 is 1. The molecule has 0 bridgehead atoms. The van der Waals surface area contributed by atoms with Gasteiger partial charge in [-0.25, -0.2) is 9.38 Å². The highest BCUT2D eigenvalue weighted by Gasteiger charge is 2.19. The summed E-state index contributed by atoms with van der Waals surface area (Å²) in [7, 11) is 1.66. The van der Waals surface area contributed by atoms with E-state index in [1.54, 1.807) is 7.11 Å². The van der Waals surface area contributed by atoms with Crippen LogP contribution in [0.25, 0.3) is 27.9 Å². The first-order valence-corrected chi connectivity index (χ1v) is 9.47. The van der Waals surface area contributed by atoms with Gasteiger partial charge in [-0.05, 0) is 37.1 Å². The molecule has 1 saturated heterocycles. The Labute approximate surface area is 162 Å². The highest BCUT2D eigenvalue weighted by atomic mass is 16.5. The molecule has 1 N–H and O–H groups in total. The maximum atomic E-state index is 5.75. The molecule has 0 spiro atoms. The average molecular weight is 375 g/mol. The standard InChI is InChI=1S/C21H21N5O2/c1-27-15-7-4-6-14(12-15)19-24-25-20-17-9-2-3-10-18(17)23-21(26(19)20)22-13-16-8-5-11-28-16/h2-4,6-7,9-10,12,16H,5,8,11,13H2,1H3,(H,22,23). The zero-order valence-electron chi connectivity index (χ0n) is 15.6. The maximum absolute atomic E-state index is 5.75. The first-order valence-electron chi connectivity index (χ1n) is 9.47. The predicted molar refractivity (Wildman–Crippen MR) is 108 cm³/mol. The summed E-state index contributed by atoms with van der Waals surface area (Å²) < 4.78 is 13.1. The van der Waals surface area contributed by atoms with Gasteiger partial charge in [0, 0.05) is 24.1 Å². The fourth-order valence-electron chi connectivity index (χ4n) is 3.66. The normalized spacial score (nSPS) is 16.7. The lowest BCUT2D eigenvalue weighted by molar-refractivity contribution is 0.120. The van der Waals surface area contributed by atoms with Gasteiger partial charge < -0.3 is 14.8 Å². The van der Waals surface area contributed by atoms with Gasteiger partial charge >= 0.3 is 0 Å². The van der Waals surface area contributed by atoms with Crippen LogP contribution in [0.3, 0.4) is 0 Å². The summed E-state index contributed by atoms with van der Waals surface area (Å²) in [5.41, 5.74) is 2.58. The molecule has 142 valence electrons. The lowest BCUT2D eigenvalue weighted by atomic mass is 10.2. The zero-order chi connectivity index (χ0) is 18.9. The lowest BCUT2D eigenvalue weighted by Gasteiger charge is -2.14. The number of hydrogen-bond donors (Lipinski definition) is 1. The number of anilines is 1. The van der Waals surface area contributed by atoms with Crippen LogP contribution in [0.4, 0.5) is 5.95 Å². The second-order valence-corrected chi connectivity index (χ2v) is 6.88. The summed E-state index contributed by atoms with van der Waals surface area (Å²) in [6.07, 6.45) is 2.38. The van der Waals surface area contributed by atoms with Crippen molar-refractivity contribution in [2.24, 2.45) is 0 Å². The van der Waals surface area contributed by atoms with Crippen LogP contribution in [0.1, 0.15) is 12.8 Å². The second-order valence-electron chi connectivity index (χ2n) is 6.88. The number of benzene rings is 2. The Hall–Kier alpha value is -3.19. The Morgan fingerprint density at radius 1 is 1.18 bits per heavy atom. The zero-order valence-corrected chi connectivity index (χ0v) is 15.6. The molecule has 0 saturated carbocycles. The fourth-order valence-corrected chi connectivity index (χ4v) is 3.66. The molecule has 7 nitrogen and oxygen atoms in total. The molecule has 7 heteroatoms. The average Bonchev–Trinajstić information content (AvgIpc) is 3.42. The summed E-state index contributed by atoms with van der Waals surface area (Å²) >= 11 is 0. The number of nitrogens with zero attached hydrogens (tertiary/aromatic N) is 4. The Kier molecular flexibility index (Phi) is 4.29. The molecule has 1 fully saturated rings. The van der Waals surface area contributed by atoms with Crippen LogP contribution in [0.5, 0.6) is 5.75 Å². The molecule has 5 rings (SSSR count). The summed E-state index contributed by atoms with van der Waals surface area (Å²) in [5.74, 6) is 2.21. The minimum absolute atomic E-state index is 0.208. The Bertz CT molecular complexity index is 1130. The molecule has 3 heterocycles. The van der Waals surface area contributed by atoms with Crippen molar-refractivity contribution >= 4 is 22.5 Å². The summed E-state index contributed by atoms with van der Waals surface area (Å²) in [5, 5.41) is 13.4. The van der Waals surface area contributed by atoms with Crippen LogP contribution in [0.15, 0.2) is 48.5 Å². The SMILES string of the molecule is COc1cccc(-c2nnc3c4ccccc4nc(NCC4CCCO4)n23)c1. The van der Waals surface area contributed by atoms with Crippen molar-refractivity contribution in [1.82, 2.24) is 19.6 Å². The van der Waals surface area contributed by atoms with Gasteiger partial charge in [-0.1, -0.05) is 24.3 Å². The van der Waals surface area contributed by atoms with Gasteiger partial charge in [0.05, 0.1) is 18.7 Å². The van der Waals surface area contributed by atoms with Gasteiger partial charge in [-0.3, -0.25) is 0 Å². The van der Waals surface area contributed by atoms with E-state index in [0.717, 1.165) is 53.1 Å². The minimum Gasteiger partial charge on any atom is -0.497 e. The fraction of sp³-hybridized carbons (Fsp3) is 0.286. The van der Waals surface area contributed by atoms with Gasteiger partial charge in [-0.2, -0.15) is 0 Å². The number of rotatable bonds is 5. The highest BCUT2D eigenvalue weighted by Crippen LogP contribution is 2.28. The largest absolute Gasteiger partial charge is 0.497 e. The second kappa shape index (κ2) is 7.09. The molecule has 1 atom stereocenters. The quantitative estimate of drug-likeness (QED) is 0.575. The van der Waals surface area contributed by atoms with Crippen molar-refractivity contribution in [3.63, 3.8) is 0 Å². The van der Waals surface area contributed by atoms with Crippen molar-refractivity contribution in [3.8, 4) is 17.1 Å². The van der Waals surface area contributed by atoms with E-state index in [1.807, 2.05) is 52.9 Å². The number of ether oxygens (including phenoxy) is 2. The maximum Gasteiger partial charge on any atom is 0.211 e. The van der Waals surface area contributed by atoms with Crippen LogP contribution in [-0.4, -0.2) is 45.9 Å². The van der Waals surface area contributed by atoms with Crippen LogP contribution < -0.4 is 10.1 Å². The van der Waals surface area contributed by atoms with Crippen molar-refractivity contribution < 1.29 is 9.47 Å². The van der Waals surface area contributed by atoms with Gasteiger partial charge in [0.1, 0.15) is 5.75 Å². The van der Waals surface area contributed by atoms with E-state index < -0.39 is 0 Å². The summed E-state index contributed by atoms with van der Waals surface area (Å²) in [4.78, 5) is 4.85. The van der Waals surface area contributed by atoms with E-state index in [2.05, 4.69) is 15.5 Å². The third kappa shape index (κ3) is 2.93. The molecular weight excluding hydrogens is 354 g/mol. The third-order valence-electron chi connectivity index (χ3n) is 5.09. The van der Waals surface area contributed by atoms with E-state index in [0.29, 0.717) is 12.5 Å². The summed E-state index contributed by atoms with van der Waals surface area (Å²) in [6, 6.07) is 15.8. The van der Waals surface area contributed by atoms with Crippen LogP contribution in [-0.2, 0) is 4.74 Å².